The third-order valence-electron chi connectivity index (χ3n) is 1.78. The van der Waals surface area contributed by atoms with Gasteiger partial charge in [-0.2, -0.15) is 0 Å². The van der Waals surface area contributed by atoms with Crippen LogP contribution in [0.25, 0.3) is 0 Å². The van der Waals surface area contributed by atoms with Crippen LogP contribution in [-0.2, 0) is 0 Å². The van der Waals surface area contributed by atoms with Crippen LogP contribution < -0.4 is 10.3 Å². The Kier molecular flexibility index (Phi) is 3.68. The van der Waals surface area contributed by atoms with Crippen molar-refractivity contribution in [2.75, 3.05) is 6.61 Å². The van der Waals surface area contributed by atoms with Crippen molar-refractivity contribution in [2.45, 2.75) is 27.2 Å². The Hall–Kier alpha value is -1.32. The van der Waals surface area contributed by atoms with Crippen LogP contribution in [0.4, 0.5) is 0 Å². The molecule has 0 aliphatic heterocycles. The molecular weight excluding hydrogens is 180 g/mol. The van der Waals surface area contributed by atoms with E-state index in [0.29, 0.717) is 24.2 Å². The van der Waals surface area contributed by atoms with Gasteiger partial charge >= 0.3 is 0 Å². The van der Waals surface area contributed by atoms with E-state index in [1.165, 1.54) is 6.07 Å². The fourth-order valence-electron chi connectivity index (χ4n) is 1.03. The number of nitrogens with zero attached hydrogens (tertiary/aromatic N) is 1. The molecule has 0 saturated heterocycles. The Labute approximate surface area is 83.3 Å². The highest BCUT2D eigenvalue weighted by atomic mass is 16.5. The predicted molar refractivity (Wildman–Crippen MR) is 54.5 cm³/mol. The van der Waals surface area contributed by atoms with Gasteiger partial charge in [0.15, 0.2) is 0 Å². The van der Waals surface area contributed by atoms with Crippen molar-refractivity contribution < 1.29 is 4.74 Å². The molecule has 0 spiro atoms. The highest BCUT2D eigenvalue weighted by Crippen LogP contribution is 2.04. The summed E-state index contributed by atoms with van der Waals surface area (Å²) in [4.78, 5) is 17.6. The van der Waals surface area contributed by atoms with Crippen molar-refractivity contribution in [1.29, 1.82) is 0 Å². The average Bonchev–Trinajstić information content (AvgIpc) is 2.01. The monoisotopic (exact) mass is 196 g/mol. The smallest absolute Gasteiger partial charge is 0.254 e. The summed E-state index contributed by atoms with van der Waals surface area (Å²) >= 11 is 0. The first-order valence-electron chi connectivity index (χ1n) is 4.78. The number of rotatable bonds is 4. The molecule has 0 saturated carbocycles. The lowest BCUT2D eigenvalue weighted by molar-refractivity contribution is 0.278. The zero-order chi connectivity index (χ0) is 10.6. The first kappa shape index (κ1) is 10.8. The number of hydrogen-bond acceptors (Lipinski definition) is 3. The van der Waals surface area contributed by atoms with Gasteiger partial charge in [-0.1, -0.05) is 13.8 Å². The minimum Gasteiger partial charge on any atom is -0.477 e. The number of nitrogens with one attached hydrogen (secondary N) is 1. The van der Waals surface area contributed by atoms with Gasteiger partial charge < -0.3 is 9.72 Å². The van der Waals surface area contributed by atoms with Crippen molar-refractivity contribution in [3.05, 3.63) is 22.2 Å². The molecule has 78 valence electrons. The van der Waals surface area contributed by atoms with Crippen molar-refractivity contribution in [1.82, 2.24) is 9.97 Å². The van der Waals surface area contributed by atoms with Gasteiger partial charge in [0.2, 0.25) is 5.88 Å². The Balaban J connectivity index is 2.55. The van der Waals surface area contributed by atoms with E-state index >= 15 is 0 Å². The second-order valence-corrected chi connectivity index (χ2v) is 3.70. The van der Waals surface area contributed by atoms with Gasteiger partial charge in [-0.05, 0) is 19.3 Å². The van der Waals surface area contributed by atoms with Crippen LogP contribution in [0.15, 0.2) is 10.9 Å². The number of aromatic amines is 1. The van der Waals surface area contributed by atoms with E-state index in [4.69, 9.17) is 4.74 Å². The molecule has 14 heavy (non-hydrogen) atoms. The fourth-order valence-corrected chi connectivity index (χ4v) is 1.03. The molecule has 1 aromatic heterocycles. The standard InChI is InChI=1S/C10H16N2O2/c1-7(2)4-5-14-10-6-9(13)11-8(3)12-10/h6-7H,4-5H2,1-3H3,(H,11,12,13). The topological polar surface area (TPSA) is 55.0 Å². The summed E-state index contributed by atoms with van der Waals surface area (Å²) in [5.41, 5.74) is -0.169. The van der Waals surface area contributed by atoms with E-state index < -0.39 is 0 Å². The Bertz CT molecular complexity index is 344. The molecule has 4 nitrogen and oxygen atoms in total. The minimum absolute atomic E-state index is 0.169. The van der Waals surface area contributed by atoms with Gasteiger partial charge in [0, 0.05) is 0 Å². The van der Waals surface area contributed by atoms with Crippen LogP contribution in [0.2, 0.25) is 0 Å². The molecule has 1 rings (SSSR count). The zero-order valence-electron chi connectivity index (χ0n) is 8.83. The second kappa shape index (κ2) is 4.79. The number of aromatic nitrogens is 2. The van der Waals surface area contributed by atoms with Gasteiger partial charge in [-0.15, -0.1) is 0 Å². The van der Waals surface area contributed by atoms with Crippen LogP contribution in [0.3, 0.4) is 0 Å². The third kappa shape index (κ3) is 3.60. The van der Waals surface area contributed by atoms with Crippen LogP contribution in [0, 0.1) is 12.8 Å². The van der Waals surface area contributed by atoms with E-state index in [1.54, 1.807) is 6.92 Å². The fraction of sp³-hybridized carbons (Fsp3) is 0.600. The van der Waals surface area contributed by atoms with E-state index in [1.807, 2.05) is 0 Å². The maximum atomic E-state index is 11.0. The largest absolute Gasteiger partial charge is 0.477 e. The molecular formula is C10H16N2O2. The van der Waals surface area contributed by atoms with E-state index in [-0.39, 0.29) is 5.56 Å². The van der Waals surface area contributed by atoms with Crippen LogP contribution >= 0.6 is 0 Å². The van der Waals surface area contributed by atoms with Crippen molar-refractivity contribution >= 4 is 0 Å². The lowest BCUT2D eigenvalue weighted by Crippen LogP contribution is -2.11. The summed E-state index contributed by atoms with van der Waals surface area (Å²) in [6.07, 6.45) is 0.966. The first-order chi connectivity index (χ1) is 6.58. The van der Waals surface area contributed by atoms with Gasteiger partial charge in [-0.3, -0.25) is 4.79 Å². The van der Waals surface area contributed by atoms with Crippen molar-refractivity contribution in [3.8, 4) is 5.88 Å². The zero-order valence-corrected chi connectivity index (χ0v) is 8.83. The molecule has 0 amide bonds. The lowest BCUT2D eigenvalue weighted by Gasteiger charge is -2.06. The van der Waals surface area contributed by atoms with Gasteiger partial charge in [0.1, 0.15) is 5.82 Å². The number of hydrogen-bond donors (Lipinski definition) is 1. The highest BCUT2D eigenvalue weighted by Gasteiger charge is 1.99. The van der Waals surface area contributed by atoms with Gasteiger partial charge in [-0.25, -0.2) is 4.98 Å². The molecule has 0 atom stereocenters. The number of ether oxygens (including phenoxy) is 1. The average molecular weight is 196 g/mol. The molecule has 0 bridgehead atoms. The minimum atomic E-state index is -0.169. The SMILES string of the molecule is Cc1nc(OCCC(C)C)cc(=O)[nH]1. The molecule has 1 heterocycles. The molecule has 0 aliphatic rings. The molecule has 1 aromatic rings. The molecule has 1 N–H and O–H groups in total. The van der Waals surface area contributed by atoms with Gasteiger partial charge in [0.25, 0.3) is 5.56 Å². The summed E-state index contributed by atoms with van der Waals surface area (Å²) < 4.78 is 5.35. The Morgan fingerprint density at radius 2 is 2.29 bits per heavy atom. The first-order valence-corrected chi connectivity index (χ1v) is 4.78. The van der Waals surface area contributed by atoms with E-state index in [2.05, 4.69) is 23.8 Å². The maximum Gasteiger partial charge on any atom is 0.254 e. The summed E-state index contributed by atoms with van der Waals surface area (Å²) in [7, 11) is 0. The van der Waals surface area contributed by atoms with Crippen molar-refractivity contribution in [2.24, 2.45) is 5.92 Å². The van der Waals surface area contributed by atoms with Crippen LogP contribution in [-0.4, -0.2) is 16.6 Å². The highest BCUT2D eigenvalue weighted by molar-refractivity contribution is 5.07. The predicted octanol–water partition coefficient (Wildman–Crippen LogP) is 1.50. The molecule has 0 aliphatic carbocycles. The van der Waals surface area contributed by atoms with Gasteiger partial charge in [0.05, 0.1) is 12.7 Å². The van der Waals surface area contributed by atoms with E-state index in [9.17, 15) is 4.79 Å². The second-order valence-electron chi connectivity index (χ2n) is 3.70. The number of H-pyrrole nitrogens is 1. The Morgan fingerprint density at radius 1 is 1.57 bits per heavy atom. The molecule has 0 fully saturated rings. The summed E-state index contributed by atoms with van der Waals surface area (Å²) in [5.74, 6) is 1.59. The van der Waals surface area contributed by atoms with Crippen LogP contribution in [0.1, 0.15) is 26.1 Å². The third-order valence-corrected chi connectivity index (χ3v) is 1.78. The molecule has 0 unspecified atom stereocenters. The maximum absolute atomic E-state index is 11.0. The van der Waals surface area contributed by atoms with Crippen molar-refractivity contribution in [3.63, 3.8) is 0 Å². The summed E-state index contributed by atoms with van der Waals surface area (Å²) in [6.45, 7) is 6.59. The molecule has 4 heteroatoms. The molecule has 0 radical (unpaired) electrons. The summed E-state index contributed by atoms with van der Waals surface area (Å²) in [5, 5.41) is 0. The van der Waals surface area contributed by atoms with Crippen LogP contribution in [0.5, 0.6) is 5.88 Å². The number of aryl methyl sites for hydroxylation is 1. The normalized spacial score (nSPS) is 10.6. The Morgan fingerprint density at radius 3 is 2.86 bits per heavy atom. The van der Waals surface area contributed by atoms with E-state index in [0.717, 1.165) is 6.42 Å². The molecule has 0 aromatic carbocycles. The quantitative estimate of drug-likeness (QED) is 0.794. The summed E-state index contributed by atoms with van der Waals surface area (Å²) in [6, 6.07) is 1.37. The lowest BCUT2D eigenvalue weighted by atomic mass is 10.1.